The number of aromatic hydroxyl groups is 2. The molecular weight excluding hydrogens is 639 g/mol. The maximum atomic E-state index is 12.2. The Bertz CT molecular complexity index is 1410. The number of ether oxygens (including phenoxy) is 2. The van der Waals surface area contributed by atoms with Gasteiger partial charge in [-0.15, -0.1) is 0 Å². The molecule has 3 rings (SSSR count). The molecule has 0 aliphatic heterocycles. The van der Waals surface area contributed by atoms with Crippen LogP contribution in [-0.2, 0) is 29.2 Å². The fourth-order valence-electron chi connectivity index (χ4n) is 5.02. The van der Waals surface area contributed by atoms with Gasteiger partial charge in [0.2, 0.25) is 5.78 Å². The predicted molar refractivity (Wildman–Crippen MR) is 170 cm³/mol. The van der Waals surface area contributed by atoms with Gasteiger partial charge < -0.3 is 24.2 Å². The summed E-state index contributed by atoms with van der Waals surface area (Å²) in [5.74, 6) is -3.15. The van der Waals surface area contributed by atoms with E-state index in [1.54, 1.807) is 0 Å². The molecule has 1 aliphatic rings. The summed E-state index contributed by atoms with van der Waals surface area (Å²) in [7, 11) is -5.01. The smallest absolute Gasteiger partial charge is 0.747 e. The van der Waals surface area contributed by atoms with E-state index in [0.717, 1.165) is 51.4 Å². The number of rotatable bonds is 16. The minimum atomic E-state index is -5.01. The molecule has 0 saturated carbocycles. The van der Waals surface area contributed by atoms with Gasteiger partial charge in [-0.2, -0.15) is 0 Å². The Morgan fingerprint density at radius 2 is 1.21 bits per heavy atom. The van der Waals surface area contributed by atoms with Crippen LogP contribution in [0.4, 0.5) is 0 Å². The molecule has 0 fully saturated rings. The van der Waals surface area contributed by atoms with Crippen LogP contribution >= 0.6 is 0 Å². The van der Waals surface area contributed by atoms with E-state index >= 15 is 0 Å². The molecule has 254 valence electrons. The quantitative estimate of drug-likeness (QED) is 0.128. The summed E-state index contributed by atoms with van der Waals surface area (Å²) in [6.07, 6.45) is 6.58. The molecule has 3 atom stereocenters. The maximum absolute atomic E-state index is 12.2. The first-order chi connectivity index (χ1) is 21.8. The summed E-state index contributed by atoms with van der Waals surface area (Å²) in [6, 6.07) is 8.68. The fourth-order valence-corrected chi connectivity index (χ4v) is 5.66. The first-order valence-corrected chi connectivity index (χ1v) is 17.3. The zero-order chi connectivity index (χ0) is 34.4. The summed E-state index contributed by atoms with van der Waals surface area (Å²) < 4.78 is 44.6. The average molecular weight is 685 g/mol. The van der Waals surface area contributed by atoms with E-state index in [1.165, 1.54) is 36.4 Å². The van der Waals surface area contributed by atoms with Gasteiger partial charge in [-0.3, -0.25) is 19.2 Å². The van der Waals surface area contributed by atoms with Crippen molar-refractivity contribution in [2.24, 2.45) is 11.8 Å². The Balaban J connectivity index is 0.000000496. The van der Waals surface area contributed by atoms with E-state index < -0.39 is 39.5 Å². The number of hydrogen-bond donors (Lipinski definition) is 2. The summed E-state index contributed by atoms with van der Waals surface area (Å²) in [5.41, 5.74) is 0.240. The number of fused-ring (bicyclic) bond motifs is 2. The SMILES string of the molecule is CCCCC(CC)COC(=O)CC(C(=O)OCC(CC)CCCC)S(=O)(=O)[O-].O=C1c2cccc(O)c2C(=O)c2c(O)cccc21.[Na+]. The molecule has 0 radical (unpaired) electrons. The first-order valence-electron chi connectivity index (χ1n) is 15.8. The molecule has 11 nitrogen and oxygen atoms in total. The van der Waals surface area contributed by atoms with Crippen LogP contribution in [0, 0.1) is 11.8 Å². The normalized spacial score (nSPS) is 13.9. The zero-order valence-electron chi connectivity index (χ0n) is 28.0. The van der Waals surface area contributed by atoms with E-state index in [2.05, 4.69) is 13.8 Å². The van der Waals surface area contributed by atoms with Gasteiger partial charge >= 0.3 is 41.5 Å². The van der Waals surface area contributed by atoms with E-state index in [4.69, 9.17) is 9.47 Å². The zero-order valence-corrected chi connectivity index (χ0v) is 30.8. The first kappa shape index (κ1) is 42.3. The van der Waals surface area contributed by atoms with E-state index in [0.29, 0.717) is 0 Å². The maximum Gasteiger partial charge on any atom is 1.00 e. The molecule has 0 heterocycles. The molecule has 2 aromatic rings. The third kappa shape index (κ3) is 12.3. The van der Waals surface area contributed by atoms with Crippen molar-refractivity contribution in [2.75, 3.05) is 13.2 Å². The van der Waals surface area contributed by atoms with Crippen LogP contribution in [-0.4, -0.2) is 65.2 Å². The predicted octanol–water partition coefficient (Wildman–Crippen LogP) is 2.69. The van der Waals surface area contributed by atoms with E-state index in [9.17, 15) is 42.4 Å². The largest absolute Gasteiger partial charge is 1.00 e. The van der Waals surface area contributed by atoms with Gasteiger partial charge in [0.15, 0.2) is 11.0 Å². The van der Waals surface area contributed by atoms with Crippen LogP contribution < -0.4 is 29.6 Å². The number of carbonyl (C=O) groups is 4. The molecule has 1 aliphatic carbocycles. The number of ketones is 2. The van der Waals surface area contributed by atoms with Gasteiger partial charge in [0.1, 0.15) is 21.6 Å². The van der Waals surface area contributed by atoms with Gasteiger partial charge in [-0.1, -0.05) is 90.5 Å². The minimum absolute atomic E-state index is 0. The molecule has 0 spiro atoms. The van der Waals surface area contributed by atoms with Crippen molar-refractivity contribution in [3.05, 3.63) is 58.7 Å². The van der Waals surface area contributed by atoms with Crippen LogP contribution in [0.3, 0.4) is 0 Å². The summed E-state index contributed by atoms with van der Waals surface area (Å²) in [5, 5.41) is 17.4. The van der Waals surface area contributed by atoms with Gasteiger partial charge in [0, 0.05) is 11.1 Å². The van der Waals surface area contributed by atoms with Gasteiger partial charge in [0.05, 0.1) is 30.8 Å². The molecule has 0 bridgehead atoms. The minimum Gasteiger partial charge on any atom is -0.747 e. The van der Waals surface area contributed by atoms with Crippen LogP contribution in [0.2, 0.25) is 0 Å². The van der Waals surface area contributed by atoms with Gasteiger partial charge in [0.25, 0.3) is 0 Å². The molecule has 0 amide bonds. The summed E-state index contributed by atoms with van der Waals surface area (Å²) >= 11 is 0. The van der Waals surface area contributed by atoms with Crippen LogP contribution in [0.25, 0.3) is 0 Å². The van der Waals surface area contributed by atoms with Gasteiger partial charge in [-0.05, 0) is 36.8 Å². The average Bonchev–Trinajstić information content (AvgIpc) is 3.02. The number of phenols is 2. The standard InChI is InChI=1S/C20H38O7S.C14H8O4.Na/c1-5-9-11-16(7-3)14-26-19(21)13-18(28(23,24)25)20(22)27-15-17(8-4)12-10-6-2;15-9-5-1-3-7-11(9)14(18)12-8(13(7)17)4-2-6-10(12)16;/h16-18H,5-15H2,1-4H3,(H,23,24,25);1-6,15-16H;/q;;+1/p-1. The van der Waals surface area contributed by atoms with Crippen LogP contribution in [0.15, 0.2) is 36.4 Å². The second kappa shape index (κ2) is 20.6. The van der Waals surface area contributed by atoms with Crippen LogP contribution in [0.1, 0.15) is 117 Å². The van der Waals surface area contributed by atoms with Crippen LogP contribution in [0.5, 0.6) is 11.5 Å². The molecule has 2 N–H and O–H groups in total. The van der Waals surface area contributed by atoms with Crippen molar-refractivity contribution in [1.29, 1.82) is 0 Å². The Kier molecular flexibility index (Phi) is 18.5. The van der Waals surface area contributed by atoms with E-state index in [1.807, 2.05) is 13.8 Å². The Morgan fingerprint density at radius 1 is 0.766 bits per heavy atom. The van der Waals surface area contributed by atoms with Crippen molar-refractivity contribution in [2.45, 2.75) is 90.7 Å². The Hall–Kier alpha value is -2.77. The Morgan fingerprint density at radius 3 is 1.62 bits per heavy atom. The number of unbranched alkanes of at least 4 members (excludes halogenated alkanes) is 2. The number of esters is 2. The molecule has 3 unspecified atom stereocenters. The Labute approximate surface area is 299 Å². The van der Waals surface area contributed by atoms with Crippen molar-refractivity contribution in [1.82, 2.24) is 0 Å². The van der Waals surface area contributed by atoms with Crippen molar-refractivity contribution >= 4 is 33.6 Å². The van der Waals surface area contributed by atoms with Crippen molar-refractivity contribution < 1.29 is 81.4 Å². The monoisotopic (exact) mass is 684 g/mol. The summed E-state index contributed by atoms with van der Waals surface area (Å²) in [4.78, 5) is 48.6. The number of carbonyl (C=O) groups excluding carboxylic acids is 4. The number of hydrogen-bond acceptors (Lipinski definition) is 11. The van der Waals surface area contributed by atoms with E-state index in [-0.39, 0.29) is 94.1 Å². The van der Waals surface area contributed by atoms with Crippen molar-refractivity contribution in [3.8, 4) is 11.5 Å². The summed E-state index contributed by atoms with van der Waals surface area (Å²) in [6.45, 7) is 8.26. The molecule has 2 aromatic carbocycles. The molecule has 47 heavy (non-hydrogen) atoms. The number of phenolic OH excluding ortho intramolecular Hbond substituents is 2. The second-order valence-corrected chi connectivity index (χ2v) is 12.9. The third-order valence-corrected chi connectivity index (χ3v) is 9.08. The van der Waals surface area contributed by atoms with Crippen molar-refractivity contribution in [3.63, 3.8) is 0 Å². The second-order valence-electron chi connectivity index (χ2n) is 11.4. The van der Waals surface area contributed by atoms with Gasteiger partial charge in [-0.25, -0.2) is 8.42 Å². The number of benzene rings is 2. The molecular formula is C34H45NaO11S. The molecule has 0 saturated heterocycles. The molecule has 13 heteroatoms. The topological polar surface area (TPSA) is 184 Å². The molecule has 0 aromatic heterocycles. The third-order valence-electron chi connectivity index (χ3n) is 8.02. The fraction of sp³-hybridized carbons (Fsp3) is 0.529.